The zero-order valence-corrected chi connectivity index (χ0v) is 13.0. The second-order valence-corrected chi connectivity index (χ2v) is 5.84. The predicted molar refractivity (Wildman–Crippen MR) is 99.0 cm³/mol. The minimum Gasteiger partial charge on any atom is -0.0985 e. The second-order valence-electron chi connectivity index (χ2n) is 5.84. The number of hydrogen-bond acceptors (Lipinski definition) is 0. The summed E-state index contributed by atoms with van der Waals surface area (Å²) in [5, 5.41) is 0. The van der Waals surface area contributed by atoms with Crippen molar-refractivity contribution >= 4 is 17.2 Å². The fourth-order valence-electron chi connectivity index (χ4n) is 3.48. The van der Waals surface area contributed by atoms with E-state index in [1.165, 1.54) is 39.0 Å². The van der Waals surface area contributed by atoms with Crippen molar-refractivity contribution in [3.63, 3.8) is 0 Å². The smallest absolute Gasteiger partial charge is 0.000134 e. The average Bonchev–Trinajstić information content (AvgIpc) is 3.02. The van der Waals surface area contributed by atoms with E-state index >= 15 is 0 Å². The van der Waals surface area contributed by atoms with Crippen molar-refractivity contribution in [2.75, 3.05) is 0 Å². The highest BCUT2D eigenvalue weighted by atomic mass is 14.3. The molecule has 0 atom stereocenters. The summed E-state index contributed by atoms with van der Waals surface area (Å²) in [4.78, 5) is 0. The van der Waals surface area contributed by atoms with E-state index in [0.717, 1.165) is 6.42 Å². The molecular weight excluding hydrogens is 276 g/mol. The van der Waals surface area contributed by atoms with E-state index in [1.54, 1.807) is 0 Å². The Hall–Kier alpha value is -2.86. The van der Waals surface area contributed by atoms with Crippen molar-refractivity contribution in [3.05, 3.63) is 113 Å². The molecule has 0 amide bonds. The van der Waals surface area contributed by atoms with Crippen LogP contribution in [0.1, 0.15) is 27.8 Å². The molecular formula is C23H18. The first-order valence-corrected chi connectivity index (χ1v) is 7.97. The Kier molecular flexibility index (Phi) is 3.44. The molecule has 0 nitrogen and oxygen atoms in total. The third-order valence-corrected chi connectivity index (χ3v) is 4.54. The van der Waals surface area contributed by atoms with Gasteiger partial charge in [0.25, 0.3) is 0 Å². The van der Waals surface area contributed by atoms with Gasteiger partial charge in [0.1, 0.15) is 0 Å². The lowest BCUT2D eigenvalue weighted by molar-refractivity contribution is 1.30. The number of allylic oxidation sites excluding steroid dienone is 1. The molecule has 3 aromatic carbocycles. The number of hydrogen-bond donors (Lipinski definition) is 0. The molecule has 0 aromatic heterocycles. The minimum atomic E-state index is 0.964. The van der Waals surface area contributed by atoms with Gasteiger partial charge in [0.05, 0.1) is 0 Å². The van der Waals surface area contributed by atoms with Gasteiger partial charge in [0.2, 0.25) is 0 Å². The third-order valence-electron chi connectivity index (χ3n) is 4.54. The van der Waals surface area contributed by atoms with Gasteiger partial charge in [0, 0.05) is 0 Å². The van der Waals surface area contributed by atoms with Crippen LogP contribution in [0.2, 0.25) is 0 Å². The SMILES string of the molecule is C=Cc1cccc2c1CC(c1ccccc1)=C2c1ccccc1. The second kappa shape index (κ2) is 5.73. The quantitative estimate of drug-likeness (QED) is 0.569. The summed E-state index contributed by atoms with van der Waals surface area (Å²) in [7, 11) is 0. The minimum absolute atomic E-state index is 0.964. The van der Waals surface area contributed by atoms with Crippen molar-refractivity contribution < 1.29 is 0 Å². The van der Waals surface area contributed by atoms with E-state index in [0.29, 0.717) is 0 Å². The molecule has 0 bridgehead atoms. The lowest BCUT2D eigenvalue weighted by Gasteiger charge is -2.10. The maximum Gasteiger partial charge on any atom is -0.000134 e. The average molecular weight is 294 g/mol. The molecule has 0 fully saturated rings. The third kappa shape index (κ3) is 2.33. The maximum absolute atomic E-state index is 3.99. The highest BCUT2D eigenvalue weighted by Gasteiger charge is 2.24. The topological polar surface area (TPSA) is 0 Å². The largest absolute Gasteiger partial charge is 0.0985 e. The summed E-state index contributed by atoms with van der Waals surface area (Å²) < 4.78 is 0. The van der Waals surface area contributed by atoms with Gasteiger partial charge in [-0.25, -0.2) is 0 Å². The van der Waals surface area contributed by atoms with Crippen LogP contribution in [-0.2, 0) is 6.42 Å². The molecule has 1 aliphatic carbocycles. The van der Waals surface area contributed by atoms with Crippen LogP contribution in [0.25, 0.3) is 17.2 Å². The molecule has 0 heteroatoms. The van der Waals surface area contributed by atoms with E-state index in [-0.39, 0.29) is 0 Å². The van der Waals surface area contributed by atoms with Crippen molar-refractivity contribution in [3.8, 4) is 0 Å². The van der Waals surface area contributed by atoms with Gasteiger partial charge in [-0.3, -0.25) is 0 Å². The lowest BCUT2D eigenvalue weighted by atomic mass is 9.94. The highest BCUT2D eigenvalue weighted by Crippen LogP contribution is 2.43. The van der Waals surface area contributed by atoms with Crippen LogP contribution in [0.4, 0.5) is 0 Å². The Bertz CT molecular complexity index is 884. The Morgan fingerprint density at radius 3 is 2.00 bits per heavy atom. The Labute approximate surface area is 137 Å². The Balaban J connectivity index is 1.99. The zero-order chi connectivity index (χ0) is 15.6. The normalized spacial score (nSPS) is 13.0. The molecule has 0 heterocycles. The molecule has 0 radical (unpaired) electrons. The Morgan fingerprint density at radius 1 is 0.696 bits per heavy atom. The van der Waals surface area contributed by atoms with Gasteiger partial charge in [0.15, 0.2) is 0 Å². The van der Waals surface area contributed by atoms with Gasteiger partial charge in [-0.2, -0.15) is 0 Å². The summed E-state index contributed by atoms with van der Waals surface area (Å²) in [6.07, 6.45) is 2.93. The first-order chi connectivity index (χ1) is 11.4. The highest BCUT2D eigenvalue weighted by molar-refractivity contribution is 6.04. The van der Waals surface area contributed by atoms with E-state index in [2.05, 4.69) is 85.4 Å². The first kappa shape index (κ1) is 13.8. The Morgan fingerprint density at radius 2 is 1.35 bits per heavy atom. The molecule has 0 spiro atoms. The summed E-state index contributed by atoms with van der Waals surface area (Å²) in [6, 6.07) is 27.9. The fourth-order valence-corrected chi connectivity index (χ4v) is 3.48. The van der Waals surface area contributed by atoms with Crippen molar-refractivity contribution in [1.29, 1.82) is 0 Å². The van der Waals surface area contributed by atoms with E-state index < -0.39 is 0 Å². The van der Waals surface area contributed by atoms with Crippen LogP contribution in [0.15, 0.2) is 85.4 Å². The zero-order valence-electron chi connectivity index (χ0n) is 13.0. The molecule has 4 rings (SSSR count). The maximum atomic E-state index is 3.99. The van der Waals surface area contributed by atoms with Crippen LogP contribution < -0.4 is 0 Å². The van der Waals surface area contributed by atoms with Crippen LogP contribution in [0, 0.1) is 0 Å². The van der Waals surface area contributed by atoms with E-state index in [4.69, 9.17) is 0 Å². The van der Waals surface area contributed by atoms with Crippen molar-refractivity contribution in [1.82, 2.24) is 0 Å². The summed E-state index contributed by atoms with van der Waals surface area (Å²) in [5.41, 5.74) is 9.31. The molecule has 0 unspecified atom stereocenters. The van der Waals surface area contributed by atoms with Crippen molar-refractivity contribution in [2.24, 2.45) is 0 Å². The molecule has 0 N–H and O–H groups in total. The van der Waals surface area contributed by atoms with Crippen LogP contribution in [-0.4, -0.2) is 0 Å². The van der Waals surface area contributed by atoms with E-state index in [1.807, 2.05) is 6.08 Å². The summed E-state index contributed by atoms with van der Waals surface area (Å²) >= 11 is 0. The standard InChI is InChI=1S/C23H18/c1-2-17-14-9-15-20-21(17)16-22(18-10-5-3-6-11-18)23(20)19-12-7-4-8-13-19/h2-15H,1,16H2. The van der Waals surface area contributed by atoms with Gasteiger partial charge >= 0.3 is 0 Å². The molecule has 110 valence electrons. The van der Waals surface area contributed by atoms with Gasteiger partial charge in [-0.05, 0) is 45.4 Å². The van der Waals surface area contributed by atoms with Crippen LogP contribution in [0.3, 0.4) is 0 Å². The molecule has 0 saturated carbocycles. The van der Waals surface area contributed by atoms with Crippen LogP contribution >= 0.6 is 0 Å². The molecule has 1 aliphatic rings. The van der Waals surface area contributed by atoms with Gasteiger partial charge < -0.3 is 0 Å². The number of rotatable bonds is 3. The predicted octanol–water partition coefficient (Wildman–Crippen LogP) is 5.84. The summed E-state index contributed by atoms with van der Waals surface area (Å²) in [6.45, 7) is 3.99. The molecule has 0 aliphatic heterocycles. The number of fused-ring (bicyclic) bond motifs is 1. The molecule has 23 heavy (non-hydrogen) atoms. The van der Waals surface area contributed by atoms with Gasteiger partial charge in [-0.1, -0.05) is 91.5 Å². The number of benzene rings is 3. The molecule has 0 saturated heterocycles. The fraction of sp³-hybridized carbons (Fsp3) is 0.0435. The molecule has 3 aromatic rings. The lowest BCUT2D eigenvalue weighted by Crippen LogP contribution is -1.89. The van der Waals surface area contributed by atoms with E-state index in [9.17, 15) is 0 Å². The monoisotopic (exact) mass is 294 g/mol. The van der Waals surface area contributed by atoms with Crippen molar-refractivity contribution in [2.45, 2.75) is 6.42 Å². The summed E-state index contributed by atoms with van der Waals surface area (Å²) in [5.74, 6) is 0. The first-order valence-electron chi connectivity index (χ1n) is 7.97. The van der Waals surface area contributed by atoms with Crippen LogP contribution in [0.5, 0.6) is 0 Å². The van der Waals surface area contributed by atoms with Gasteiger partial charge in [-0.15, -0.1) is 0 Å².